The Kier molecular flexibility index (Phi) is 4.70. The van der Waals surface area contributed by atoms with Crippen molar-refractivity contribution in [3.63, 3.8) is 0 Å². The van der Waals surface area contributed by atoms with Crippen molar-refractivity contribution in [1.82, 2.24) is 0 Å². The molecule has 1 aromatic carbocycles. The summed E-state index contributed by atoms with van der Waals surface area (Å²) < 4.78 is 22.9. The largest absolute Gasteiger partial charge is 0.360 e. The van der Waals surface area contributed by atoms with Crippen LogP contribution in [0.25, 0.3) is 0 Å². The van der Waals surface area contributed by atoms with Crippen LogP contribution in [0.2, 0.25) is 0 Å². The van der Waals surface area contributed by atoms with E-state index in [9.17, 15) is 8.42 Å². The predicted octanol–water partition coefficient (Wildman–Crippen LogP) is -2.17. The van der Waals surface area contributed by atoms with E-state index in [0.717, 1.165) is 32.7 Å². The van der Waals surface area contributed by atoms with Gasteiger partial charge >= 0.3 is 0 Å². The smallest absolute Gasteiger partial charge is 0.161 e. The van der Waals surface area contributed by atoms with Gasteiger partial charge in [-0.3, -0.25) is 0 Å². The van der Waals surface area contributed by atoms with Crippen molar-refractivity contribution in [2.75, 3.05) is 62.7 Å². The van der Waals surface area contributed by atoms with Gasteiger partial charge in [0.2, 0.25) is 0 Å². The van der Waals surface area contributed by atoms with Crippen molar-refractivity contribution in [2.45, 2.75) is 6.54 Å². The number of rotatable bonds is 3. The van der Waals surface area contributed by atoms with E-state index in [0.29, 0.717) is 11.5 Å². The van der Waals surface area contributed by atoms with Gasteiger partial charge in [0, 0.05) is 11.3 Å². The van der Waals surface area contributed by atoms with Gasteiger partial charge in [0.05, 0.1) is 57.8 Å². The van der Waals surface area contributed by atoms with Gasteiger partial charge < -0.3 is 14.7 Å². The summed E-state index contributed by atoms with van der Waals surface area (Å²) in [6, 6.07) is 8.85. The first kappa shape index (κ1) is 15.8. The number of sulfone groups is 1. The molecule has 0 radical (unpaired) electrons. The molecule has 122 valence electrons. The van der Waals surface area contributed by atoms with Crippen molar-refractivity contribution in [3.8, 4) is 0 Å². The Hall–Kier alpha value is -1.11. The number of likely N-dealkylation sites (N-methyl/N-ethyl adjacent to an activating group) is 1. The van der Waals surface area contributed by atoms with Crippen LogP contribution in [0, 0.1) is 0 Å². The summed E-state index contributed by atoms with van der Waals surface area (Å²) in [5, 5.41) is 0. The van der Waals surface area contributed by atoms with Gasteiger partial charge in [-0.15, -0.1) is 0 Å². The molecule has 6 heteroatoms. The second kappa shape index (κ2) is 6.56. The molecular formula is C16H27N3O2S+2. The fourth-order valence-electron chi connectivity index (χ4n) is 3.26. The molecule has 0 atom stereocenters. The molecule has 22 heavy (non-hydrogen) atoms. The van der Waals surface area contributed by atoms with Gasteiger partial charge in [-0.2, -0.15) is 0 Å². The van der Waals surface area contributed by atoms with E-state index in [1.54, 1.807) is 4.90 Å². The summed E-state index contributed by atoms with van der Waals surface area (Å²) in [5.41, 5.74) is 2.62. The number of anilines is 1. The van der Waals surface area contributed by atoms with Gasteiger partial charge in [-0.25, -0.2) is 8.42 Å². The van der Waals surface area contributed by atoms with Crippen LogP contribution >= 0.6 is 0 Å². The molecule has 2 heterocycles. The number of piperazine rings is 1. The summed E-state index contributed by atoms with van der Waals surface area (Å²) in [4.78, 5) is 5.44. The summed E-state index contributed by atoms with van der Waals surface area (Å²) in [5.74, 6) is 0.675. The molecule has 0 aromatic heterocycles. The molecule has 1 aromatic rings. The topological polar surface area (TPSA) is 46.3 Å². The molecule has 0 bridgehead atoms. The van der Waals surface area contributed by atoms with Crippen LogP contribution in [0.5, 0.6) is 0 Å². The zero-order chi connectivity index (χ0) is 15.6. The lowest BCUT2D eigenvalue weighted by Crippen LogP contribution is -3.13. The second-order valence-electron chi connectivity index (χ2n) is 6.69. The molecule has 3 rings (SSSR count). The van der Waals surface area contributed by atoms with Gasteiger partial charge in [-0.05, 0) is 12.1 Å². The number of hydrogen-bond donors (Lipinski definition) is 2. The van der Waals surface area contributed by atoms with Crippen LogP contribution in [0.4, 0.5) is 5.69 Å². The van der Waals surface area contributed by atoms with Crippen LogP contribution in [-0.2, 0) is 16.4 Å². The Balaban J connectivity index is 1.56. The highest BCUT2D eigenvalue weighted by Crippen LogP contribution is 2.15. The maximum absolute atomic E-state index is 11.5. The zero-order valence-electron chi connectivity index (χ0n) is 13.3. The first-order valence-corrected chi connectivity index (χ1v) is 10.0. The maximum atomic E-state index is 11.5. The molecule has 0 aliphatic carbocycles. The quantitative estimate of drug-likeness (QED) is 0.665. The van der Waals surface area contributed by atoms with Crippen molar-refractivity contribution >= 4 is 15.5 Å². The second-order valence-corrected chi connectivity index (χ2v) is 8.99. The molecule has 0 amide bonds. The minimum absolute atomic E-state index is 0.337. The number of nitrogens with zero attached hydrogens (tertiary/aromatic N) is 1. The summed E-state index contributed by atoms with van der Waals surface area (Å²) >= 11 is 0. The number of hydrogen-bond acceptors (Lipinski definition) is 3. The van der Waals surface area contributed by atoms with Crippen LogP contribution in [0.15, 0.2) is 24.3 Å². The molecule has 2 saturated heterocycles. The zero-order valence-corrected chi connectivity index (χ0v) is 14.2. The fraction of sp³-hybridized carbons (Fsp3) is 0.625. The Morgan fingerprint density at radius 1 is 1.00 bits per heavy atom. The van der Waals surface area contributed by atoms with Crippen LogP contribution in [0.1, 0.15) is 5.56 Å². The highest BCUT2D eigenvalue weighted by Gasteiger charge is 2.24. The van der Waals surface area contributed by atoms with E-state index >= 15 is 0 Å². The molecule has 0 saturated carbocycles. The van der Waals surface area contributed by atoms with E-state index in [1.807, 2.05) is 0 Å². The predicted molar refractivity (Wildman–Crippen MR) is 88.3 cm³/mol. The van der Waals surface area contributed by atoms with Crippen LogP contribution in [-0.4, -0.2) is 66.2 Å². The minimum Gasteiger partial charge on any atom is -0.360 e. The summed E-state index contributed by atoms with van der Waals surface area (Å²) in [6.45, 7) is 7.07. The Bertz CT molecular complexity index is 578. The summed E-state index contributed by atoms with van der Waals surface area (Å²) in [6.07, 6.45) is 0. The Morgan fingerprint density at radius 2 is 1.59 bits per heavy atom. The molecular weight excluding hydrogens is 298 g/mol. The van der Waals surface area contributed by atoms with Crippen molar-refractivity contribution in [1.29, 1.82) is 0 Å². The Morgan fingerprint density at radius 3 is 2.18 bits per heavy atom. The summed E-state index contributed by atoms with van der Waals surface area (Å²) in [7, 11) is -0.511. The van der Waals surface area contributed by atoms with Crippen LogP contribution < -0.4 is 14.7 Å². The Labute approximate surface area is 133 Å². The lowest BCUT2D eigenvalue weighted by Gasteiger charge is -2.31. The van der Waals surface area contributed by atoms with Gasteiger partial charge in [-0.1, -0.05) is 12.1 Å². The van der Waals surface area contributed by atoms with E-state index < -0.39 is 9.84 Å². The van der Waals surface area contributed by atoms with Crippen LogP contribution in [0.3, 0.4) is 0 Å². The first-order chi connectivity index (χ1) is 10.5. The molecule has 2 N–H and O–H groups in total. The lowest BCUT2D eigenvalue weighted by molar-refractivity contribution is -0.910. The SMILES string of the molecule is C[NH+]1CCN(c2ccc(C[NH+]3CCS(=O)(=O)CC3)cc2)CC1. The third kappa shape index (κ3) is 4.00. The average Bonchev–Trinajstić information content (AvgIpc) is 2.51. The molecule has 0 unspecified atom stereocenters. The highest BCUT2D eigenvalue weighted by molar-refractivity contribution is 7.91. The normalized spacial score (nSPS) is 23.6. The standard InChI is InChI=1S/C16H25N3O2S/c1-17-6-8-19(9-7-17)16-4-2-15(3-5-16)14-18-10-12-22(20,21)13-11-18/h2-5H,6-14H2,1H3/p+2. The molecule has 2 aliphatic heterocycles. The van der Waals surface area contributed by atoms with E-state index in [-0.39, 0.29) is 0 Å². The van der Waals surface area contributed by atoms with Crippen molar-refractivity contribution in [2.24, 2.45) is 0 Å². The van der Waals surface area contributed by atoms with Gasteiger partial charge in [0.15, 0.2) is 9.84 Å². The van der Waals surface area contributed by atoms with Crippen molar-refractivity contribution in [3.05, 3.63) is 29.8 Å². The van der Waals surface area contributed by atoms with Gasteiger partial charge in [0.25, 0.3) is 0 Å². The lowest BCUT2D eigenvalue weighted by atomic mass is 10.1. The average molecular weight is 325 g/mol. The molecule has 2 fully saturated rings. The first-order valence-electron chi connectivity index (χ1n) is 8.21. The number of quaternary nitrogens is 2. The van der Waals surface area contributed by atoms with E-state index in [2.05, 4.69) is 36.2 Å². The number of nitrogens with one attached hydrogen (secondary N) is 2. The number of benzene rings is 1. The van der Waals surface area contributed by atoms with E-state index in [4.69, 9.17) is 0 Å². The molecule has 5 nitrogen and oxygen atoms in total. The molecule has 0 spiro atoms. The monoisotopic (exact) mass is 325 g/mol. The third-order valence-electron chi connectivity index (χ3n) is 4.91. The van der Waals surface area contributed by atoms with Crippen molar-refractivity contribution < 1.29 is 18.2 Å². The minimum atomic E-state index is -2.76. The fourth-order valence-corrected chi connectivity index (χ4v) is 4.67. The highest BCUT2D eigenvalue weighted by atomic mass is 32.2. The maximum Gasteiger partial charge on any atom is 0.161 e. The molecule has 2 aliphatic rings. The van der Waals surface area contributed by atoms with Gasteiger partial charge in [0.1, 0.15) is 6.54 Å². The third-order valence-corrected chi connectivity index (χ3v) is 6.56. The van der Waals surface area contributed by atoms with E-state index in [1.165, 1.54) is 29.2 Å².